The number of halogens is 1. The SMILES string of the molecule is CN(CC(=O)N(Cc1ccc(F)cc1)C(C(=O)NCc1ccc2c(c1)OCO2)c1ccccc1)S(C)(=O)=O. The Morgan fingerprint density at radius 1 is 0.974 bits per heavy atom. The number of sulfonamides is 1. The molecule has 2 amide bonds. The van der Waals surface area contributed by atoms with E-state index in [9.17, 15) is 22.4 Å². The van der Waals surface area contributed by atoms with E-state index in [0.29, 0.717) is 22.6 Å². The van der Waals surface area contributed by atoms with Gasteiger partial charge in [0.25, 0.3) is 0 Å². The molecule has 1 atom stereocenters. The zero-order chi connectivity index (χ0) is 27.3. The third-order valence-corrected chi connectivity index (χ3v) is 7.35. The van der Waals surface area contributed by atoms with E-state index in [1.165, 1.54) is 36.2 Å². The first-order valence-electron chi connectivity index (χ1n) is 11.8. The van der Waals surface area contributed by atoms with E-state index in [1.807, 2.05) is 0 Å². The van der Waals surface area contributed by atoms with E-state index >= 15 is 0 Å². The lowest BCUT2D eigenvalue weighted by atomic mass is 10.0. The Morgan fingerprint density at radius 2 is 1.63 bits per heavy atom. The highest BCUT2D eigenvalue weighted by molar-refractivity contribution is 7.88. The predicted molar refractivity (Wildman–Crippen MR) is 138 cm³/mol. The summed E-state index contributed by atoms with van der Waals surface area (Å²) in [5.41, 5.74) is 1.88. The number of benzene rings is 3. The van der Waals surface area contributed by atoms with Gasteiger partial charge in [-0.15, -0.1) is 0 Å². The topological polar surface area (TPSA) is 105 Å². The van der Waals surface area contributed by atoms with Gasteiger partial charge >= 0.3 is 0 Å². The Labute approximate surface area is 220 Å². The van der Waals surface area contributed by atoms with E-state index in [4.69, 9.17) is 9.47 Å². The van der Waals surface area contributed by atoms with E-state index < -0.39 is 40.2 Å². The van der Waals surface area contributed by atoms with Crippen LogP contribution in [-0.2, 0) is 32.7 Å². The lowest BCUT2D eigenvalue weighted by Crippen LogP contribution is -2.47. The van der Waals surface area contributed by atoms with Crippen LogP contribution in [0.3, 0.4) is 0 Å². The molecular weight excluding hydrogens is 513 g/mol. The van der Waals surface area contributed by atoms with Crippen LogP contribution in [0.15, 0.2) is 72.8 Å². The molecule has 9 nitrogen and oxygen atoms in total. The van der Waals surface area contributed by atoms with Gasteiger partial charge in [-0.1, -0.05) is 48.5 Å². The molecule has 0 saturated carbocycles. The van der Waals surface area contributed by atoms with Crippen molar-refractivity contribution in [3.8, 4) is 11.5 Å². The zero-order valence-corrected chi connectivity index (χ0v) is 21.8. The molecule has 1 N–H and O–H groups in total. The average molecular weight is 542 g/mol. The minimum absolute atomic E-state index is 0.0479. The van der Waals surface area contributed by atoms with E-state index in [1.54, 1.807) is 48.5 Å². The van der Waals surface area contributed by atoms with Gasteiger partial charge in [-0.05, 0) is 41.0 Å². The van der Waals surface area contributed by atoms with Crippen molar-refractivity contribution in [3.63, 3.8) is 0 Å². The summed E-state index contributed by atoms with van der Waals surface area (Å²) in [5.74, 6) is -0.299. The van der Waals surface area contributed by atoms with Crippen LogP contribution >= 0.6 is 0 Å². The maximum atomic E-state index is 13.7. The zero-order valence-electron chi connectivity index (χ0n) is 21.0. The molecule has 1 unspecified atom stereocenters. The predicted octanol–water partition coefficient (Wildman–Crippen LogP) is 2.83. The van der Waals surface area contributed by atoms with Crippen molar-refractivity contribution >= 4 is 21.8 Å². The molecule has 200 valence electrons. The highest BCUT2D eigenvalue weighted by atomic mass is 32.2. The number of hydrogen-bond donors (Lipinski definition) is 1. The lowest BCUT2D eigenvalue weighted by Gasteiger charge is -2.32. The Morgan fingerprint density at radius 3 is 2.32 bits per heavy atom. The van der Waals surface area contributed by atoms with Gasteiger partial charge in [0.05, 0.1) is 12.8 Å². The molecule has 0 aromatic heterocycles. The second-order valence-corrected chi connectivity index (χ2v) is 11.0. The smallest absolute Gasteiger partial charge is 0.247 e. The summed E-state index contributed by atoms with van der Waals surface area (Å²) in [5, 5.41) is 2.88. The molecule has 1 heterocycles. The average Bonchev–Trinajstić information content (AvgIpc) is 3.36. The number of carbonyl (C=O) groups is 2. The van der Waals surface area contributed by atoms with Crippen LogP contribution in [0.4, 0.5) is 4.39 Å². The van der Waals surface area contributed by atoms with Crippen molar-refractivity contribution in [2.75, 3.05) is 26.6 Å². The van der Waals surface area contributed by atoms with Crippen molar-refractivity contribution in [1.29, 1.82) is 0 Å². The number of rotatable bonds is 10. The second kappa shape index (κ2) is 11.6. The Bertz CT molecular complexity index is 1400. The fraction of sp³-hybridized carbons (Fsp3) is 0.259. The molecule has 0 aliphatic carbocycles. The lowest BCUT2D eigenvalue weighted by molar-refractivity contribution is -0.141. The Kier molecular flexibility index (Phi) is 8.28. The van der Waals surface area contributed by atoms with Crippen LogP contribution in [0, 0.1) is 5.82 Å². The molecule has 0 spiro atoms. The highest BCUT2D eigenvalue weighted by Gasteiger charge is 2.33. The summed E-state index contributed by atoms with van der Waals surface area (Å²) in [6, 6.07) is 18.5. The summed E-state index contributed by atoms with van der Waals surface area (Å²) in [4.78, 5) is 28.5. The van der Waals surface area contributed by atoms with Gasteiger partial charge in [-0.3, -0.25) is 9.59 Å². The molecule has 4 rings (SSSR count). The van der Waals surface area contributed by atoms with Crippen molar-refractivity contribution in [1.82, 2.24) is 14.5 Å². The highest BCUT2D eigenvalue weighted by Crippen LogP contribution is 2.32. The van der Waals surface area contributed by atoms with Crippen LogP contribution < -0.4 is 14.8 Å². The third kappa shape index (κ3) is 6.67. The fourth-order valence-electron chi connectivity index (χ4n) is 3.95. The number of nitrogens with one attached hydrogen (secondary N) is 1. The number of fused-ring (bicyclic) bond motifs is 1. The third-order valence-electron chi connectivity index (χ3n) is 6.09. The van der Waals surface area contributed by atoms with Gasteiger partial charge in [0.1, 0.15) is 11.9 Å². The van der Waals surface area contributed by atoms with E-state index in [-0.39, 0.29) is 19.9 Å². The summed E-state index contributed by atoms with van der Waals surface area (Å²) >= 11 is 0. The second-order valence-electron chi connectivity index (χ2n) is 8.89. The number of carbonyl (C=O) groups excluding carboxylic acids is 2. The molecule has 0 fully saturated rings. The normalized spacial score (nSPS) is 13.3. The number of nitrogens with zero attached hydrogens (tertiary/aromatic N) is 2. The number of amides is 2. The van der Waals surface area contributed by atoms with Gasteiger partial charge in [-0.25, -0.2) is 12.8 Å². The van der Waals surface area contributed by atoms with Crippen molar-refractivity contribution in [3.05, 3.63) is 95.3 Å². The van der Waals surface area contributed by atoms with Crippen LogP contribution in [0.25, 0.3) is 0 Å². The first kappa shape index (κ1) is 27.1. The molecule has 38 heavy (non-hydrogen) atoms. The summed E-state index contributed by atoms with van der Waals surface area (Å²) in [6.45, 7) is -0.239. The largest absolute Gasteiger partial charge is 0.454 e. The first-order chi connectivity index (χ1) is 18.1. The maximum absolute atomic E-state index is 13.7. The van der Waals surface area contributed by atoms with E-state index in [2.05, 4.69) is 5.32 Å². The molecule has 3 aromatic rings. The first-order valence-corrected chi connectivity index (χ1v) is 13.6. The standard InChI is InChI=1S/C27H28FN3O6S/c1-30(38(2,34)35)17-25(32)31(16-19-8-11-22(28)12-9-19)26(21-6-4-3-5-7-21)27(33)29-15-20-10-13-23-24(14-20)37-18-36-23/h3-14,26H,15-18H2,1-2H3,(H,29,33). The van der Waals surface area contributed by atoms with Crippen molar-refractivity contribution < 1.29 is 31.9 Å². The van der Waals surface area contributed by atoms with Crippen LogP contribution in [0.5, 0.6) is 11.5 Å². The molecule has 0 radical (unpaired) electrons. The maximum Gasteiger partial charge on any atom is 0.247 e. The monoisotopic (exact) mass is 541 g/mol. The molecule has 0 saturated heterocycles. The van der Waals surface area contributed by atoms with Gasteiger partial charge in [0.2, 0.25) is 28.6 Å². The summed E-state index contributed by atoms with van der Waals surface area (Å²) in [7, 11) is -2.37. The molecule has 3 aromatic carbocycles. The quantitative estimate of drug-likeness (QED) is 0.423. The summed E-state index contributed by atoms with van der Waals surface area (Å²) in [6.07, 6.45) is 0.997. The van der Waals surface area contributed by atoms with Crippen LogP contribution in [-0.4, -0.2) is 56.1 Å². The van der Waals surface area contributed by atoms with E-state index in [0.717, 1.165) is 16.1 Å². The summed E-state index contributed by atoms with van der Waals surface area (Å²) < 4.78 is 49.2. The van der Waals surface area contributed by atoms with Gasteiger partial charge < -0.3 is 19.7 Å². The molecular formula is C27H28FN3O6S. The molecule has 1 aliphatic heterocycles. The number of ether oxygens (including phenoxy) is 2. The molecule has 1 aliphatic rings. The van der Waals surface area contributed by atoms with Crippen LogP contribution in [0.1, 0.15) is 22.7 Å². The Hall–Kier alpha value is -3.96. The van der Waals surface area contributed by atoms with Crippen LogP contribution in [0.2, 0.25) is 0 Å². The minimum atomic E-state index is -3.66. The van der Waals surface area contributed by atoms with Gasteiger partial charge in [0, 0.05) is 20.1 Å². The molecule has 0 bridgehead atoms. The minimum Gasteiger partial charge on any atom is -0.454 e. The Balaban J connectivity index is 1.64. The van der Waals surface area contributed by atoms with Gasteiger partial charge in [-0.2, -0.15) is 4.31 Å². The van der Waals surface area contributed by atoms with Crippen molar-refractivity contribution in [2.45, 2.75) is 19.1 Å². The fourth-order valence-corrected chi connectivity index (χ4v) is 4.30. The van der Waals surface area contributed by atoms with Gasteiger partial charge in [0.15, 0.2) is 11.5 Å². The number of likely N-dealkylation sites (N-methyl/N-ethyl adjacent to an activating group) is 1. The number of hydrogen-bond acceptors (Lipinski definition) is 6. The molecule has 11 heteroatoms. The van der Waals surface area contributed by atoms with Crippen molar-refractivity contribution in [2.24, 2.45) is 0 Å².